The van der Waals surface area contributed by atoms with Crippen molar-refractivity contribution in [2.45, 2.75) is 99.5 Å². The SMILES string of the molecule is C=C[C@]1(COS(=O)(=O)c2ccc(C)cc2)O[C@@H](O[C@H]2[C@H](OCc3ccccc3)[C@@H](OCc3ccccc3)[C@@H](OC)O[C@@H]2COCc2ccccc2)[C@@H](OC(C)=O)[C@@H](OC)[C@@H]1O. The molecule has 0 unspecified atom stereocenters. The summed E-state index contributed by atoms with van der Waals surface area (Å²) in [7, 11) is -1.57. The van der Waals surface area contributed by atoms with Crippen molar-refractivity contribution in [2.75, 3.05) is 27.4 Å². The second-order valence-electron chi connectivity index (χ2n) is 14.8. The minimum Gasteiger partial charge on any atom is -0.454 e. The lowest BCUT2D eigenvalue weighted by Gasteiger charge is -2.51. The Labute approximate surface area is 357 Å². The predicted octanol–water partition coefficient (Wildman–Crippen LogP) is 5.43. The van der Waals surface area contributed by atoms with Crippen LogP contribution in [0.5, 0.6) is 0 Å². The van der Waals surface area contributed by atoms with Crippen molar-refractivity contribution in [2.24, 2.45) is 0 Å². The van der Waals surface area contributed by atoms with E-state index in [1.807, 2.05) is 97.9 Å². The summed E-state index contributed by atoms with van der Waals surface area (Å²) in [5.74, 6) is -0.733. The van der Waals surface area contributed by atoms with E-state index in [0.717, 1.165) is 22.3 Å². The van der Waals surface area contributed by atoms with E-state index < -0.39 is 83.6 Å². The second kappa shape index (κ2) is 21.6. The molecular formula is C46H54O14S. The first-order valence-corrected chi connectivity index (χ1v) is 21.3. The smallest absolute Gasteiger partial charge is 0.303 e. The van der Waals surface area contributed by atoms with Crippen molar-refractivity contribution in [3.8, 4) is 0 Å². The van der Waals surface area contributed by atoms with Gasteiger partial charge >= 0.3 is 5.97 Å². The maximum atomic E-state index is 13.4. The van der Waals surface area contributed by atoms with E-state index in [2.05, 4.69) is 6.58 Å². The number of methoxy groups -OCH3 is 2. The standard InChI is InChI=1S/C46H54O14S/c1-6-46(30-56-61(49,50)36-24-22-31(2)23-25-36)43(48)40(51-4)42(57-32(3)47)45(60-46)59-38-37(29-53-26-33-16-10-7-11-17-33)58-44(52-5)41(55-28-35-20-14-9-15-21-35)39(38)54-27-34-18-12-8-13-19-34/h6-25,37-45,48H,1,26-30H2,2-5H3/t37-,38-,39+,40-,41-,42+,43+,44+,45-,46-/m1/s1. The summed E-state index contributed by atoms with van der Waals surface area (Å²) in [5.41, 5.74) is 1.50. The number of aliphatic hydroxyl groups is 1. The minimum atomic E-state index is -4.37. The predicted molar refractivity (Wildman–Crippen MR) is 221 cm³/mol. The third-order valence-corrected chi connectivity index (χ3v) is 11.8. The molecule has 0 amide bonds. The number of carbonyl (C=O) groups excluding carboxylic acids is 1. The van der Waals surface area contributed by atoms with Crippen molar-refractivity contribution in [3.05, 3.63) is 150 Å². The molecule has 0 aromatic heterocycles. The number of hydrogen-bond donors (Lipinski definition) is 1. The highest BCUT2D eigenvalue weighted by molar-refractivity contribution is 7.86. The van der Waals surface area contributed by atoms with Gasteiger partial charge in [0.1, 0.15) is 48.8 Å². The van der Waals surface area contributed by atoms with Crippen LogP contribution in [0.15, 0.2) is 133 Å². The topological polar surface area (TPSA) is 164 Å². The van der Waals surface area contributed by atoms with Crippen molar-refractivity contribution in [1.29, 1.82) is 0 Å². The van der Waals surface area contributed by atoms with Gasteiger partial charge in [-0.25, -0.2) is 0 Å². The molecule has 4 aromatic rings. The molecule has 0 bridgehead atoms. The molecule has 6 rings (SSSR count). The van der Waals surface area contributed by atoms with Gasteiger partial charge in [-0.1, -0.05) is 115 Å². The Morgan fingerprint density at radius 2 is 1.30 bits per heavy atom. The van der Waals surface area contributed by atoms with Crippen molar-refractivity contribution in [3.63, 3.8) is 0 Å². The number of rotatable bonds is 20. The fourth-order valence-corrected chi connectivity index (χ4v) is 8.17. The Morgan fingerprint density at radius 3 is 1.82 bits per heavy atom. The van der Waals surface area contributed by atoms with Crippen LogP contribution in [0.2, 0.25) is 0 Å². The number of aliphatic hydroxyl groups excluding tert-OH is 1. The van der Waals surface area contributed by atoms with Crippen molar-refractivity contribution < 1.29 is 65.1 Å². The van der Waals surface area contributed by atoms with Crippen LogP contribution in [0.1, 0.15) is 29.2 Å². The molecule has 10 atom stereocenters. The zero-order valence-corrected chi connectivity index (χ0v) is 35.5. The Balaban J connectivity index is 1.38. The highest BCUT2D eigenvalue weighted by Gasteiger charge is 2.58. The molecule has 0 aliphatic carbocycles. The van der Waals surface area contributed by atoms with Gasteiger partial charge in [-0.3, -0.25) is 8.98 Å². The molecule has 2 heterocycles. The highest BCUT2D eigenvalue weighted by Crippen LogP contribution is 2.39. The van der Waals surface area contributed by atoms with Crippen LogP contribution in [0.3, 0.4) is 0 Å². The molecule has 1 N–H and O–H groups in total. The summed E-state index contributed by atoms with van der Waals surface area (Å²) in [6.45, 7) is 6.61. The molecular weight excluding hydrogens is 809 g/mol. The Bertz CT molecular complexity index is 2070. The van der Waals surface area contributed by atoms with Crippen LogP contribution in [0.25, 0.3) is 0 Å². The van der Waals surface area contributed by atoms with E-state index in [1.54, 1.807) is 12.1 Å². The minimum absolute atomic E-state index is 0.0399. The van der Waals surface area contributed by atoms with Gasteiger partial charge in [0.15, 0.2) is 18.7 Å². The van der Waals surface area contributed by atoms with Crippen LogP contribution in [-0.4, -0.2) is 108 Å². The van der Waals surface area contributed by atoms with E-state index in [4.69, 9.17) is 46.8 Å². The molecule has 4 aromatic carbocycles. The van der Waals surface area contributed by atoms with Gasteiger partial charge in [0.05, 0.1) is 31.3 Å². The Hall–Kier alpha value is -4.36. The number of benzene rings is 4. The van der Waals surface area contributed by atoms with E-state index in [9.17, 15) is 18.3 Å². The average molecular weight is 863 g/mol. The molecule has 2 saturated heterocycles. The van der Waals surface area contributed by atoms with E-state index in [1.165, 1.54) is 39.4 Å². The summed E-state index contributed by atoms with van der Waals surface area (Å²) in [6.07, 6.45) is -9.73. The third kappa shape index (κ3) is 11.8. The lowest BCUT2D eigenvalue weighted by molar-refractivity contribution is -0.377. The van der Waals surface area contributed by atoms with Crippen LogP contribution in [-0.2, 0) is 81.5 Å². The monoisotopic (exact) mass is 862 g/mol. The molecule has 14 nitrogen and oxygen atoms in total. The largest absolute Gasteiger partial charge is 0.454 e. The zero-order valence-electron chi connectivity index (χ0n) is 34.6. The highest BCUT2D eigenvalue weighted by atomic mass is 32.2. The fourth-order valence-electron chi connectivity index (χ4n) is 7.23. The lowest BCUT2D eigenvalue weighted by Crippen LogP contribution is -2.69. The molecule has 0 saturated carbocycles. The molecule has 15 heteroatoms. The number of carbonyl (C=O) groups is 1. The molecule has 61 heavy (non-hydrogen) atoms. The average Bonchev–Trinajstić information content (AvgIpc) is 3.27. The molecule has 328 valence electrons. The Kier molecular flexibility index (Phi) is 16.4. The van der Waals surface area contributed by atoms with Gasteiger partial charge in [0.2, 0.25) is 0 Å². The van der Waals surface area contributed by atoms with E-state index in [-0.39, 0.29) is 31.3 Å². The maximum Gasteiger partial charge on any atom is 0.303 e. The molecule has 2 aliphatic rings. The van der Waals surface area contributed by atoms with Gasteiger partial charge in [-0.05, 0) is 35.7 Å². The zero-order chi connectivity index (χ0) is 43.4. The van der Waals surface area contributed by atoms with Crippen LogP contribution in [0.4, 0.5) is 0 Å². The first-order chi connectivity index (χ1) is 29.5. The van der Waals surface area contributed by atoms with Gasteiger partial charge in [-0.15, -0.1) is 6.58 Å². The van der Waals surface area contributed by atoms with Crippen LogP contribution < -0.4 is 0 Å². The number of esters is 1. The summed E-state index contributed by atoms with van der Waals surface area (Å²) in [6, 6.07) is 34.7. The van der Waals surface area contributed by atoms with Crippen LogP contribution >= 0.6 is 0 Å². The maximum absolute atomic E-state index is 13.4. The van der Waals surface area contributed by atoms with E-state index >= 15 is 0 Å². The second-order valence-corrected chi connectivity index (χ2v) is 16.4. The molecule has 2 aliphatic heterocycles. The molecule has 0 spiro atoms. The molecule has 2 fully saturated rings. The van der Waals surface area contributed by atoms with Gasteiger partial charge in [0.25, 0.3) is 10.1 Å². The quantitative estimate of drug-likeness (QED) is 0.0680. The number of ether oxygens (including phenoxy) is 9. The third-order valence-electron chi connectivity index (χ3n) is 10.5. The number of aryl methyl sites for hydroxylation is 1. The van der Waals surface area contributed by atoms with Gasteiger partial charge in [0, 0.05) is 21.1 Å². The first kappa shape index (κ1) is 46.2. The van der Waals surface area contributed by atoms with Crippen molar-refractivity contribution in [1.82, 2.24) is 0 Å². The summed E-state index contributed by atoms with van der Waals surface area (Å²) in [5, 5.41) is 11.9. The van der Waals surface area contributed by atoms with Crippen LogP contribution in [0, 0.1) is 6.92 Å². The van der Waals surface area contributed by atoms with Gasteiger partial charge in [-0.2, -0.15) is 8.42 Å². The van der Waals surface area contributed by atoms with E-state index in [0.29, 0.717) is 0 Å². The Morgan fingerprint density at radius 1 is 0.738 bits per heavy atom. The first-order valence-electron chi connectivity index (χ1n) is 19.9. The fraction of sp³-hybridized carbons (Fsp3) is 0.413. The molecule has 0 radical (unpaired) electrons. The normalized spacial score (nSPS) is 27.9. The summed E-state index contributed by atoms with van der Waals surface area (Å²) < 4.78 is 89.4. The summed E-state index contributed by atoms with van der Waals surface area (Å²) in [4.78, 5) is 12.6. The summed E-state index contributed by atoms with van der Waals surface area (Å²) >= 11 is 0. The lowest BCUT2D eigenvalue weighted by atomic mass is 9.86. The van der Waals surface area contributed by atoms with Crippen molar-refractivity contribution >= 4 is 16.1 Å². The van der Waals surface area contributed by atoms with Gasteiger partial charge < -0.3 is 47.7 Å². The number of hydrogen-bond acceptors (Lipinski definition) is 14.